The average Bonchev–Trinajstić information content (AvgIpc) is 2.72. The third kappa shape index (κ3) is 6.48. The summed E-state index contributed by atoms with van der Waals surface area (Å²) in [6.07, 6.45) is 1.89. The highest BCUT2D eigenvalue weighted by atomic mass is 32.2. The summed E-state index contributed by atoms with van der Waals surface area (Å²) in [7, 11) is 0. The second-order valence-electron chi connectivity index (χ2n) is 10.8. The zero-order valence-electron chi connectivity index (χ0n) is 20.5. The first-order valence-corrected chi connectivity index (χ1v) is 12.4. The molecular weight excluding hydrogens is 414 g/mol. The summed E-state index contributed by atoms with van der Waals surface area (Å²) in [6, 6.07) is 11.3. The van der Waals surface area contributed by atoms with Crippen molar-refractivity contribution in [2.45, 2.75) is 69.7 Å². The number of nitrogens with one attached hydrogen (secondary N) is 1. The highest BCUT2D eigenvalue weighted by molar-refractivity contribution is 7.98. The molecule has 0 unspecified atom stereocenters. The minimum atomic E-state index is 0.124. The molecule has 3 N–H and O–H groups in total. The van der Waals surface area contributed by atoms with E-state index in [1.807, 2.05) is 28.9 Å². The van der Waals surface area contributed by atoms with Gasteiger partial charge in [0, 0.05) is 44.7 Å². The van der Waals surface area contributed by atoms with Crippen molar-refractivity contribution in [3.63, 3.8) is 0 Å². The standard InChI is InChI=1S/C26H39N5S/c1-25(2,3)21-14-19(15-22(16-21)26(4,5)6)18-32-23-20(8-7-9-29-23)17-30-10-12-31(13-11-30)24(27)28/h7-9,14-16H,10-13,17-18H2,1-6H3,(H3,27,28). The number of piperazine rings is 1. The quantitative estimate of drug-likeness (QED) is 0.380. The molecule has 5 nitrogen and oxygen atoms in total. The summed E-state index contributed by atoms with van der Waals surface area (Å²) in [5.41, 5.74) is 11.3. The predicted molar refractivity (Wildman–Crippen MR) is 136 cm³/mol. The molecular formula is C26H39N5S. The van der Waals surface area contributed by atoms with E-state index in [-0.39, 0.29) is 16.8 Å². The van der Waals surface area contributed by atoms with Gasteiger partial charge in [0.15, 0.2) is 5.96 Å². The Balaban J connectivity index is 1.73. The van der Waals surface area contributed by atoms with E-state index in [4.69, 9.17) is 16.1 Å². The Morgan fingerprint density at radius 2 is 1.59 bits per heavy atom. The Morgan fingerprint density at radius 3 is 2.12 bits per heavy atom. The summed E-state index contributed by atoms with van der Waals surface area (Å²) in [5.74, 6) is 1.09. The summed E-state index contributed by atoms with van der Waals surface area (Å²) in [4.78, 5) is 9.08. The Morgan fingerprint density at radius 1 is 1.00 bits per heavy atom. The molecule has 2 aromatic rings. The van der Waals surface area contributed by atoms with E-state index in [0.29, 0.717) is 0 Å². The van der Waals surface area contributed by atoms with Crippen LogP contribution >= 0.6 is 11.8 Å². The summed E-state index contributed by atoms with van der Waals surface area (Å²) >= 11 is 1.83. The van der Waals surface area contributed by atoms with Crippen molar-refractivity contribution in [1.82, 2.24) is 14.8 Å². The Bertz CT molecular complexity index is 902. The maximum atomic E-state index is 7.63. The van der Waals surface area contributed by atoms with Gasteiger partial charge in [-0.25, -0.2) is 4.98 Å². The average molecular weight is 454 g/mol. The number of thioether (sulfide) groups is 1. The van der Waals surface area contributed by atoms with Crippen LogP contribution < -0.4 is 5.73 Å². The van der Waals surface area contributed by atoms with Gasteiger partial charge in [0.2, 0.25) is 0 Å². The topological polar surface area (TPSA) is 69.2 Å². The van der Waals surface area contributed by atoms with Crippen molar-refractivity contribution in [2.24, 2.45) is 5.73 Å². The summed E-state index contributed by atoms with van der Waals surface area (Å²) < 4.78 is 0. The van der Waals surface area contributed by atoms with Crippen molar-refractivity contribution in [3.05, 3.63) is 58.8 Å². The number of nitrogens with zero attached hydrogens (tertiary/aromatic N) is 3. The molecule has 0 spiro atoms. The molecule has 0 atom stereocenters. The first kappa shape index (κ1) is 24.6. The SMILES string of the molecule is CC(C)(C)c1cc(CSc2ncccc2CN2CCN(C(=N)N)CC2)cc(C(C)(C)C)c1. The van der Waals surface area contributed by atoms with E-state index in [9.17, 15) is 0 Å². The Kier molecular flexibility index (Phi) is 7.56. The molecule has 1 aromatic heterocycles. The molecule has 32 heavy (non-hydrogen) atoms. The molecule has 0 aliphatic carbocycles. The van der Waals surface area contributed by atoms with Crippen LogP contribution in [0.15, 0.2) is 41.6 Å². The third-order valence-corrected chi connectivity index (χ3v) is 7.18. The van der Waals surface area contributed by atoms with Gasteiger partial charge in [-0.3, -0.25) is 10.3 Å². The van der Waals surface area contributed by atoms with Gasteiger partial charge in [-0.15, -0.1) is 11.8 Å². The smallest absolute Gasteiger partial charge is 0.188 e. The molecule has 3 rings (SSSR count). The molecule has 1 saturated heterocycles. The second-order valence-corrected chi connectivity index (χ2v) is 11.8. The number of guanidine groups is 1. The lowest BCUT2D eigenvalue weighted by molar-refractivity contribution is 0.172. The molecule has 1 aliphatic heterocycles. The van der Waals surface area contributed by atoms with E-state index in [1.54, 1.807) is 0 Å². The molecule has 2 heterocycles. The van der Waals surface area contributed by atoms with E-state index in [0.717, 1.165) is 43.5 Å². The molecule has 1 aromatic carbocycles. The van der Waals surface area contributed by atoms with Crippen LogP contribution in [0.4, 0.5) is 0 Å². The van der Waals surface area contributed by atoms with Gasteiger partial charge in [-0.05, 0) is 39.2 Å². The maximum Gasteiger partial charge on any atom is 0.188 e. The van der Waals surface area contributed by atoms with Crippen LogP contribution in [0.1, 0.15) is 63.8 Å². The number of nitrogens with two attached hydrogens (primary N) is 1. The van der Waals surface area contributed by atoms with E-state index in [2.05, 4.69) is 70.7 Å². The van der Waals surface area contributed by atoms with Crippen LogP contribution in [0.3, 0.4) is 0 Å². The fraction of sp³-hybridized carbons (Fsp3) is 0.538. The fourth-order valence-corrected chi connectivity index (χ4v) is 4.78. The van der Waals surface area contributed by atoms with Crippen molar-refractivity contribution in [2.75, 3.05) is 26.2 Å². The van der Waals surface area contributed by atoms with Crippen LogP contribution in [0, 0.1) is 5.41 Å². The molecule has 0 saturated carbocycles. The van der Waals surface area contributed by atoms with Crippen LogP contribution in [0.25, 0.3) is 0 Å². The second kappa shape index (κ2) is 9.84. The van der Waals surface area contributed by atoms with Crippen molar-refractivity contribution < 1.29 is 0 Å². The first-order chi connectivity index (χ1) is 14.9. The summed E-state index contributed by atoms with van der Waals surface area (Å²) in [5, 5.41) is 8.74. The minimum absolute atomic E-state index is 0.124. The van der Waals surface area contributed by atoms with E-state index in [1.165, 1.54) is 22.3 Å². The van der Waals surface area contributed by atoms with Crippen LogP contribution in [0.2, 0.25) is 0 Å². The van der Waals surface area contributed by atoms with Crippen molar-refractivity contribution >= 4 is 17.7 Å². The lowest BCUT2D eigenvalue weighted by Crippen LogP contribution is -2.50. The normalized spacial score (nSPS) is 15.8. The lowest BCUT2D eigenvalue weighted by Gasteiger charge is -2.35. The zero-order valence-corrected chi connectivity index (χ0v) is 21.4. The van der Waals surface area contributed by atoms with Gasteiger partial charge in [-0.2, -0.15) is 0 Å². The van der Waals surface area contributed by atoms with Crippen LogP contribution in [-0.4, -0.2) is 46.9 Å². The van der Waals surface area contributed by atoms with Crippen molar-refractivity contribution in [1.29, 1.82) is 5.41 Å². The maximum absolute atomic E-state index is 7.63. The van der Waals surface area contributed by atoms with E-state index < -0.39 is 0 Å². The monoisotopic (exact) mass is 453 g/mol. The largest absolute Gasteiger partial charge is 0.370 e. The molecule has 174 valence electrons. The molecule has 1 aliphatic rings. The highest BCUT2D eigenvalue weighted by Crippen LogP contribution is 2.33. The summed E-state index contributed by atoms with van der Waals surface area (Å²) in [6.45, 7) is 18.1. The number of pyridine rings is 1. The van der Waals surface area contributed by atoms with Crippen LogP contribution in [0.5, 0.6) is 0 Å². The molecule has 0 bridgehead atoms. The van der Waals surface area contributed by atoms with Gasteiger partial charge >= 0.3 is 0 Å². The van der Waals surface area contributed by atoms with Gasteiger partial charge in [0.25, 0.3) is 0 Å². The third-order valence-electron chi connectivity index (χ3n) is 6.06. The van der Waals surface area contributed by atoms with Gasteiger partial charge in [0.1, 0.15) is 5.03 Å². The van der Waals surface area contributed by atoms with Gasteiger partial charge in [0.05, 0.1) is 0 Å². The van der Waals surface area contributed by atoms with Gasteiger partial charge < -0.3 is 10.6 Å². The van der Waals surface area contributed by atoms with Gasteiger partial charge in [-0.1, -0.05) is 65.8 Å². The minimum Gasteiger partial charge on any atom is -0.370 e. The highest BCUT2D eigenvalue weighted by Gasteiger charge is 2.21. The predicted octanol–water partition coefficient (Wildman–Crippen LogP) is 4.98. The lowest BCUT2D eigenvalue weighted by atomic mass is 9.80. The molecule has 0 amide bonds. The van der Waals surface area contributed by atoms with Crippen LogP contribution in [-0.2, 0) is 23.1 Å². The molecule has 6 heteroatoms. The Labute approximate surface area is 198 Å². The fourth-order valence-electron chi connectivity index (χ4n) is 3.86. The zero-order chi connectivity index (χ0) is 23.5. The number of rotatable bonds is 5. The Hall–Kier alpha value is -2.05. The molecule has 0 radical (unpaired) electrons. The van der Waals surface area contributed by atoms with E-state index >= 15 is 0 Å². The first-order valence-electron chi connectivity index (χ1n) is 11.5. The number of benzene rings is 1. The number of hydrogen-bond donors (Lipinski definition) is 2. The number of aromatic nitrogens is 1. The van der Waals surface area contributed by atoms with Crippen molar-refractivity contribution in [3.8, 4) is 0 Å². The number of hydrogen-bond acceptors (Lipinski definition) is 4. The molecule has 1 fully saturated rings.